The maximum Gasteiger partial charge on any atom is 0.420 e. The minimum atomic E-state index is -4.68. The van der Waals surface area contributed by atoms with Gasteiger partial charge in [-0.15, -0.1) is 0 Å². The van der Waals surface area contributed by atoms with E-state index in [4.69, 9.17) is 15.3 Å². The molecule has 1 aromatic heterocycles. The average molecular weight is 289 g/mol. The largest absolute Gasteiger partial charge is 0.454 e. The smallest absolute Gasteiger partial charge is 0.420 e. The van der Waals surface area contributed by atoms with E-state index in [-0.39, 0.29) is 17.0 Å². The van der Waals surface area contributed by atoms with Crippen molar-refractivity contribution in [2.24, 2.45) is 0 Å². The summed E-state index contributed by atoms with van der Waals surface area (Å²) < 4.78 is 44.1. The SMILES string of the molecule is N#Cc1ccc(Oc2cccnc2C#N)c(C(F)(F)F)c1. The van der Waals surface area contributed by atoms with Gasteiger partial charge in [0.05, 0.1) is 17.2 Å². The van der Waals surface area contributed by atoms with E-state index < -0.39 is 17.5 Å². The van der Waals surface area contributed by atoms with Gasteiger partial charge in [-0.1, -0.05) is 0 Å². The number of benzene rings is 1. The average Bonchev–Trinajstić information content (AvgIpc) is 2.47. The van der Waals surface area contributed by atoms with Gasteiger partial charge in [0.2, 0.25) is 0 Å². The van der Waals surface area contributed by atoms with Gasteiger partial charge in [0.25, 0.3) is 0 Å². The zero-order chi connectivity index (χ0) is 15.5. The number of aromatic nitrogens is 1. The molecule has 104 valence electrons. The predicted molar refractivity (Wildman–Crippen MR) is 65.2 cm³/mol. The third kappa shape index (κ3) is 3.10. The Hall–Kier alpha value is -3.06. The second-order valence-electron chi connectivity index (χ2n) is 3.88. The van der Waals surface area contributed by atoms with Crippen LogP contribution in [0.4, 0.5) is 13.2 Å². The van der Waals surface area contributed by atoms with E-state index in [0.29, 0.717) is 6.07 Å². The van der Waals surface area contributed by atoms with Gasteiger partial charge in [-0.25, -0.2) is 4.98 Å². The van der Waals surface area contributed by atoms with Crippen LogP contribution in [-0.4, -0.2) is 4.98 Å². The Kier molecular flexibility index (Phi) is 3.77. The molecule has 0 aliphatic rings. The summed E-state index contributed by atoms with van der Waals surface area (Å²) >= 11 is 0. The Bertz CT molecular complexity index is 757. The maximum atomic E-state index is 13.0. The number of pyridine rings is 1. The van der Waals surface area contributed by atoms with Gasteiger partial charge >= 0.3 is 6.18 Å². The fourth-order valence-electron chi connectivity index (χ4n) is 1.59. The summed E-state index contributed by atoms with van der Waals surface area (Å²) in [5.74, 6) is -0.582. The van der Waals surface area contributed by atoms with Gasteiger partial charge in [0.1, 0.15) is 11.8 Å². The summed E-state index contributed by atoms with van der Waals surface area (Å²) in [7, 11) is 0. The first-order chi connectivity index (χ1) is 9.95. The third-order valence-corrected chi connectivity index (χ3v) is 2.51. The summed E-state index contributed by atoms with van der Waals surface area (Å²) in [6.45, 7) is 0. The van der Waals surface area contributed by atoms with Crippen molar-refractivity contribution in [1.82, 2.24) is 4.98 Å². The molecule has 0 bridgehead atoms. The standard InChI is InChI=1S/C14H6F3N3O/c15-14(16,17)10-6-9(7-18)3-4-12(10)21-13-2-1-5-20-11(13)8-19/h1-6H. The molecule has 2 rings (SSSR count). The van der Waals surface area contributed by atoms with E-state index in [0.717, 1.165) is 6.07 Å². The number of nitriles is 2. The molecule has 7 heteroatoms. The lowest BCUT2D eigenvalue weighted by Crippen LogP contribution is -2.08. The Morgan fingerprint density at radius 1 is 1.05 bits per heavy atom. The fraction of sp³-hybridized carbons (Fsp3) is 0.0714. The monoisotopic (exact) mass is 289 g/mol. The molecule has 0 saturated heterocycles. The van der Waals surface area contributed by atoms with Gasteiger partial charge in [-0.2, -0.15) is 23.7 Å². The molecule has 1 aromatic carbocycles. The number of hydrogen-bond acceptors (Lipinski definition) is 4. The number of alkyl halides is 3. The van der Waals surface area contributed by atoms with Crippen LogP contribution in [0.15, 0.2) is 36.5 Å². The Labute approximate surface area is 117 Å². The summed E-state index contributed by atoms with van der Waals surface area (Å²) in [4.78, 5) is 3.70. The van der Waals surface area contributed by atoms with Crippen LogP contribution in [0, 0.1) is 22.7 Å². The molecule has 0 spiro atoms. The van der Waals surface area contributed by atoms with Gasteiger partial charge in [0, 0.05) is 6.20 Å². The van der Waals surface area contributed by atoms with Crippen LogP contribution in [0.5, 0.6) is 11.5 Å². The van der Waals surface area contributed by atoms with Crippen molar-refractivity contribution in [1.29, 1.82) is 10.5 Å². The van der Waals surface area contributed by atoms with Crippen molar-refractivity contribution in [3.63, 3.8) is 0 Å². The molecule has 4 nitrogen and oxygen atoms in total. The van der Waals surface area contributed by atoms with Crippen molar-refractivity contribution in [3.05, 3.63) is 53.3 Å². The molecule has 0 N–H and O–H groups in total. The highest BCUT2D eigenvalue weighted by Gasteiger charge is 2.35. The highest BCUT2D eigenvalue weighted by Crippen LogP contribution is 2.39. The van der Waals surface area contributed by atoms with Crippen LogP contribution in [0.1, 0.15) is 16.8 Å². The molecule has 0 radical (unpaired) electrons. The number of rotatable bonds is 2. The van der Waals surface area contributed by atoms with Crippen LogP contribution in [-0.2, 0) is 6.18 Å². The van der Waals surface area contributed by atoms with E-state index in [1.165, 1.54) is 24.4 Å². The predicted octanol–water partition coefficient (Wildman–Crippen LogP) is 3.64. The maximum absolute atomic E-state index is 13.0. The minimum absolute atomic E-state index is 0.0878. The molecule has 0 aliphatic heterocycles. The van der Waals surface area contributed by atoms with Gasteiger partial charge < -0.3 is 4.74 Å². The minimum Gasteiger partial charge on any atom is -0.454 e. The fourth-order valence-corrected chi connectivity index (χ4v) is 1.59. The molecule has 0 amide bonds. The summed E-state index contributed by atoms with van der Waals surface area (Å²) in [6, 6.07) is 9.07. The van der Waals surface area contributed by atoms with E-state index in [1.54, 1.807) is 12.1 Å². The van der Waals surface area contributed by atoms with Crippen molar-refractivity contribution < 1.29 is 17.9 Å². The third-order valence-electron chi connectivity index (χ3n) is 2.51. The Morgan fingerprint density at radius 2 is 1.81 bits per heavy atom. The number of ether oxygens (including phenoxy) is 1. The van der Waals surface area contributed by atoms with Gasteiger partial charge in [-0.3, -0.25) is 0 Å². The Balaban J connectivity index is 2.50. The van der Waals surface area contributed by atoms with E-state index >= 15 is 0 Å². The number of halogens is 3. The molecule has 0 fully saturated rings. The van der Waals surface area contributed by atoms with Crippen LogP contribution < -0.4 is 4.74 Å². The summed E-state index contributed by atoms with van der Waals surface area (Å²) in [6.07, 6.45) is -3.36. The second-order valence-corrected chi connectivity index (χ2v) is 3.88. The van der Waals surface area contributed by atoms with E-state index in [1.807, 2.05) is 0 Å². The van der Waals surface area contributed by atoms with E-state index in [9.17, 15) is 13.2 Å². The lowest BCUT2D eigenvalue weighted by atomic mass is 10.1. The first-order valence-electron chi connectivity index (χ1n) is 5.60. The van der Waals surface area contributed by atoms with Gasteiger partial charge in [0.15, 0.2) is 11.4 Å². The molecule has 0 atom stereocenters. The van der Waals surface area contributed by atoms with E-state index in [2.05, 4.69) is 4.98 Å². The quantitative estimate of drug-likeness (QED) is 0.846. The molecule has 0 aliphatic carbocycles. The number of hydrogen-bond donors (Lipinski definition) is 0. The zero-order valence-corrected chi connectivity index (χ0v) is 10.3. The lowest BCUT2D eigenvalue weighted by Gasteiger charge is -2.14. The summed E-state index contributed by atoms with van der Waals surface area (Å²) in [5, 5.41) is 17.5. The van der Waals surface area contributed by atoms with Crippen molar-refractivity contribution in [2.75, 3.05) is 0 Å². The zero-order valence-electron chi connectivity index (χ0n) is 10.3. The molecular weight excluding hydrogens is 283 g/mol. The molecule has 21 heavy (non-hydrogen) atoms. The summed E-state index contributed by atoms with van der Waals surface area (Å²) in [5.41, 5.74) is -1.36. The van der Waals surface area contributed by atoms with Crippen LogP contribution in [0.3, 0.4) is 0 Å². The second kappa shape index (κ2) is 5.51. The molecule has 2 aromatic rings. The lowest BCUT2D eigenvalue weighted by molar-refractivity contribution is -0.138. The Morgan fingerprint density at radius 3 is 2.43 bits per heavy atom. The molecule has 0 unspecified atom stereocenters. The first-order valence-corrected chi connectivity index (χ1v) is 5.60. The molecule has 0 saturated carbocycles. The highest BCUT2D eigenvalue weighted by atomic mass is 19.4. The molecular formula is C14H6F3N3O. The van der Waals surface area contributed by atoms with Crippen LogP contribution >= 0.6 is 0 Å². The topological polar surface area (TPSA) is 69.7 Å². The van der Waals surface area contributed by atoms with Crippen LogP contribution in [0.25, 0.3) is 0 Å². The first kappa shape index (κ1) is 14.4. The van der Waals surface area contributed by atoms with Crippen molar-refractivity contribution in [2.45, 2.75) is 6.18 Å². The van der Waals surface area contributed by atoms with Crippen LogP contribution in [0.2, 0.25) is 0 Å². The van der Waals surface area contributed by atoms with Crippen molar-refractivity contribution >= 4 is 0 Å². The number of nitrogens with zero attached hydrogens (tertiary/aromatic N) is 3. The molecule has 1 heterocycles. The highest BCUT2D eigenvalue weighted by molar-refractivity contribution is 5.47. The normalized spacial score (nSPS) is 10.5. The van der Waals surface area contributed by atoms with Crippen molar-refractivity contribution in [3.8, 4) is 23.6 Å². The van der Waals surface area contributed by atoms with Gasteiger partial charge in [-0.05, 0) is 30.3 Å².